The van der Waals surface area contributed by atoms with E-state index >= 15 is 0 Å². The van der Waals surface area contributed by atoms with E-state index in [0.29, 0.717) is 24.0 Å². The third-order valence-electron chi connectivity index (χ3n) is 3.04. The maximum atomic E-state index is 11.5. The molecule has 0 heterocycles. The summed E-state index contributed by atoms with van der Waals surface area (Å²) < 4.78 is 15.0. The quantitative estimate of drug-likeness (QED) is 0.653. The van der Waals surface area contributed by atoms with E-state index in [2.05, 4.69) is 10.6 Å². The van der Waals surface area contributed by atoms with Crippen molar-refractivity contribution in [3.8, 4) is 11.5 Å². The van der Waals surface area contributed by atoms with E-state index in [4.69, 9.17) is 14.2 Å². The van der Waals surface area contributed by atoms with Crippen molar-refractivity contribution in [3.63, 3.8) is 0 Å². The Morgan fingerprint density at radius 2 is 1.68 bits per heavy atom. The molecule has 1 aromatic carbocycles. The van der Waals surface area contributed by atoms with Gasteiger partial charge < -0.3 is 19.5 Å². The van der Waals surface area contributed by atoms with Crippen molar-refractivity contribution in [2.24, 2.45) is 5.92 Å². The van der Waals surface area contributed by atoms with Crippen molar-refractivity contribution in [1.82, 2.24) is 10.6 Å². The number of nitrogens with one attached hydrogen (secondary N) is 2. The third kappa shape index (κ3) is 9.19. The Hall–Kier alpha value is -2.77. The fourth-order valence-electron chi connectivity index (χ4n) is 1.68. The zero-order chi connectivity index (χ0) is 18.7. The number of benzene rings is 1. The number of ether oxygens (including phenoxy) is 3. The Labute approximate surface area is 146 Å². The van der Waals surface area contributed by atoms with Gasteiger partial charge in [0, 0.05) is 6.54 Å². The van der Waals surface area contributed by atoms with Crippen LogP contribution in [0.2, 0.25) is 0 Å². The molecule has 2 N–H and O–H groups in total. The van der Waals surface area contributed by atoms with Crippen LogP contribution in [0.5, 0.6) is 11.5 Å². The number of carbonyl (C=O) groups is 3. The molecule has 8 heteroatoms. The van der Waals surface area contributed by atoms with Crippen LogP contribution in [0.15, 0.2) is 24.3 Å². The Bertz CT molecular complexity index is 571. The Morgan fingerprint density at radius 1 is 1.04 bits per heavy atom. The second kappa shape index (κ2) is 10.9. The highest BCUT2D eigenvalue weighted by atomic mass is 16.6. The number of amides is 3. The van der Waals surface area contributed by atoms with Gasteiger partial charge >= 0.3 is 12.0 Å². The lowest BCUT2D eigenvalue weighted by atomic mass is 10.1. The van der Waals surface area contributed by atoms with Crippen molar-refractivity contribution in [3.05, 3.63) is 24.3 Å². The maximum Gasteiger partial charge on any atom is 0.344 e. The number of esters is 1. The number of hydrogen-bond donors (Lipinski definition) is 2. The SMILES string of the molecule is COc1ccc(OCC(=O)OCC(=O)NC(=O)NCCC(C)C)cc1. The molecule has 0 atom stereocenters. The lowest BCUT2D eigenvalue weighted by Crippen LogP contribution is -2.42. The average Bonchev–Trinajstić information content (AvgIpc) is 2.58. The van der Waals surface area contributed by atoms with Gasteiger partial charge in [0.1, 0.15) is 11.5 Å². The van der Waals surface area contributed by atoms with Crippen LogP contribution in [-0.4, -0.2) is 44.8 Å². The summed E-state index contributed by atoms with van der Waals surface area (Å²) in [6.07, 6.45) is 0.805. The molecule has 1 rings (SSSR count). The topological polar surface area (TPSA) is 103 Å². The predicted molar refractivity (Wildman–Crippen MR) is 90.4 cm³/mol. The molecule has 25 heavy (non-hydrogen) atoms. The normalized spacial score (nSPS) is 10.1. The van der Waals surface area contributed by atoms with E-state index < -0.39 is 24.5 Å². The summed E-state index contributed by atoms with van der Waals surface area (Å²) in [6.45, 7) is 3.62. The molecule has 0 aliphatic heterocycles. The Morgan fingerprint density at radius 3 is 2.28 bits per heavy atom. The smallest absolute Gasteiger partial charge is 0.344 e. The molecule has 0 spiro atoms. The first-order valence-corrected chi connectivity index (χ1v) is 7.91. The highest BCUT2D eigenvalue weighted by molar-refractivity contribution is 5.95. The van der Waals surface area contributed by atoms with Gasteiger partial charge in [0.25, 0.3) is 5.91 Å². The molecule has 0 bridgehead atoms. The summed E-state index contributed by atoms with van der Waals surface area (Å²) >= 11 is 0. The lowest BCUT2D eigenvalue weighted by molar-refractivity contribution is -0.150. The number of urea groups is 1. The van der Waals surface area contributed by atoms with Crippen molar-refractivity contribution in [2.75, 3.05) is 26.9 Å². The largest absolute Gasteiger partial charge is 0.497 e. The number of carbonyl (C=O) groups excluding carboxylic acids is 3. The molecule has 0 fully saturated rings. The van der Waals surface area contributed by atoms with Crippen LogP contribution in [0, 0.1) is 5.92 Å². The summed E-state index contributed by atoms with van der Waals surface area (Å²) in [4.78, 5) is 34.4. The van der Waals surface area contributed by atoms with E-state index in [0.717, 1.165) is 6.42 Å². The average molecular weight is 352 g/mol. The van der Waals surface area contributed by atoms with Crippen LogP contribution < -0.4 is 20.1 Å². The van der Waals surface area contributed by atoms with Gasteiger partial charge in [0.2, 0.25) is 0 Å². The van der Waals surface area contributed by atoms with Crippen LogP contribution in [0.25, 0.3) is 0 Å². The Balaban J connectivity index is 2.19. The van der Waals surface area contributed by atoms with Gasteiger partial charge in [-0.2, -0.15) is 0 Å². The molecule has 138 valence electrons. The second-order valence-electron chi connectivity index (χ2n) is 5.61. The standard InChI is InChI=1S/C17H24N2O6/c1-12(2)8-9-18-17(22)19-15(20)10-25-16(21)11-24-14-6-4-13(23-3)5-7-14/h4-7,12H,8-11H2,1-3H3,(H2,18,19,20,22). The molecule has 0 unspecified atom stereocenters. The van der Waals surface area contributed by atoms with E-state index in [-0.39, 0.29) is 6.61 Å². The highest BCUT2D eigenvalue weighted by Crippen LogP contribution is 2.16. The fraction of sp³-hybridized carbons (Fsp3) is 0.471. The van der Waals surface area contributed by atoms with Gasteiger partial charge in [-0.1, -0.05) is 13.8 Å². The first-order valence-electron chi connectivity index (χ1n) is 7.91. The van der Waals surface area contributed by atoms with Gasteiger partial charge in [-0.25, -0.2) is 9.59 Å². The van der Waals surface area contributed by atoms with Crippen molar-refractivity contribution >= 4 is 17.9 Å². The van der Waals surface area contributed by atoms with Crippen molar-refractivity contribution in [2.45, 2.75) is 20.3 Å². The van der Waals surface area contributed by atoms with Crippen LogP contribution in [0.4, 0.5) is 4.79 Å². The minimum absolute atomic E-state index is 0.347. The summed E-state index contributed by atoms with van der Waals surface area (Å²) in [5.74, 6) is 0.152. The number of imide groups is 1. The van der Waals surface area contributed by atoms with Crippen LogP contribution in [-0.2, 0) is 14.3 Å². The van der Waals surface area contributed by atoms with Crippen molar-refractivity contribution in [1.29, 1.82) is 0 Å². The van der Waals surface area contributed by atoms with E-state index in [9.17, 15) is 14.4 Å². The molecule has 3 amide bonds. The monoisotopic (exact) mass is 352 g/mol. The summed E-state index contributed by atoms with van der Waals surface area (Å²) in [7, 11) is 1.54. The van der Waals surface area contributed by atoms with Crippen LogP contribution in [0.3, 0.4) is 0 Å². The predicted octanol–water partition coefficient (Wildman–Crippen LogP) is 1.49. The molecular formula is C17H24N2O6. The molecule has 8 nitrogen and oxygen atoms in total. The fourth-order valence-corrected chi connectivity index (χ4v) is 1.68. The molecule has 0 radical (unpaired) electrons. The van der Waals surface area contributed by atoms with Gasteiger partial charge in [0.15, 0.2) is 13.2 Å². The van der Waals surface area contributed by atoms with Gasteiger partial charge in [0.05, 0.1) is 7.11 Å². The van der Waals surface area contributed by atoms with E-state index in [1.807, 2.05) is 13.8 Å². The minimum atomic E-state index is -0.716. The Kier molecular flexibility index (Phi) is 8.84. The van der Waals surface area contributed by atoms with Gasteiger partial charge in [-0.15, -0.1) is 0 Å². The van der Waals surface area contributed by atoms with Gasteiger partial charge in [-0.3, -0.25) is 10.1 Å². The van der Waals surface area contributed by atoms with Crippen LogP contribution in [0.1, 0.15) is 20.3 Å². The third-order valence-corrected chi connectivity index (χ3v) is 3.04. The zero-order valence-corrected chi connectivity index (χ0v) is 14.7. The zero-order valence-electron chi connectivity index (χ0n) is 14.7. The number of methoxy groups -OCH3 is 1. The van der Waals surface area contributed by atoms with Crippen LogP contribution >= 0.6 is 0 Å². The first-order chi connectivity index (χ1) is 11.9. The summed E-state index contributed by atoms with van der Waals surface area (Å²) in [5.41, 5.74) is 0. The number of hydrogen-bond acceptors (Lipinski definition) is 6. The molecule has 0 saturated carbocycles. The molecular weight excluding hydrogens is 328 g/mol. The molecule has 0 saturated heterocycles. The molecule has 0 aliphatic rings. The molecule has 0 aromatic heterocycles. The highest BCUT2D eigenvalue weighted by Gasteiger charge is 2.11. The molecule has 1 aromatic rings. The van der Waals surface area contributed by atoms with E-state index in [1.54, 1.807) is 31.4 Å². The lowest BCUT2D eigenvalue weighted by Gasteiger charge is -2.09. The second-order valence-corrected chi connectivity index (χ2v) is 5.61. The summed E-state index contributed by atoms with van der Waals surface area (Å²) in [5, 5.41) is 4.62. The first kappa shape index (κ1) is 20.3. The maximum absolute atomic E-state index is 11.5. The van der Waals surface area contributed by atoms with Gasteiger partial charge in [-0.05, 0) is 36.6 Å². The summed E-state index contributed by atoms with van der Waals surface area (Å²) in [6, 6.07) is 6.04. The van der Waals surface area contributed by atoms with E-state index in [1.165, 1.54) is 0 Å². The molecule has 0 aliphatic carbocycles. The minimum Gasteiger partial charge on any atom is -0.497 e. The van der Waals surface area contributed by atoms with Crippen molar-refractivity contribution < 1.29 is 28.6 Å². The number of rotatable bonds is 9.